The predicted octanol–water partition coefficient (Wildman–Crippen LogP) is 3.12. The molecular weight excluding hydrogens is 310 g/mol. The van der Waals surface area contributed by atoms with Crippen LogP contribution in [0.15, 0.2) is 23.3 Å². The Labute approximate surface area is 143 Å². The molecule has 1 N–H and O–H groups in total. The van der Waals surface area contributed by atoms with Gasteiger partial charge in [0.1, 0.15) is 0 Å². The van der Waals surface area contributed by atoms with Crippen molar-refractivity contribution in [2.45, 2.75) is 59.1 Å². The van der Waals surface area contributed by atoms with E-state index in [1.54, 1.807) is 23.6 Å². The molecule has 0 aromatic heterocycles. The van der Waals surface area contributed by atoms with Crippen molar-refractivity contribution in [3.05, 3.63) is 23.3 Å². The number of allylic oxidation sites excluding steroid dienone is 2. The maximum atomic E-state index is 12.8. The molecule has 0 aromatic carbocycles. The fraction of sp³-hybridized carbons (Fsp3) is 0.667. The average Bonchev–Trinajstić information content (AvgIpc) is 2.75. The minimum absolute atomic E-state index is 0.0172. The van der Waals surface area contributed by atoms with Crippen LogP contribution in [0.5, 0.6) is 0 Å². The van der Waals surface area contributed by atoms with Gasteiger partial charge in [-0.1, -0.05) is 26.8 Å². The Bertz CT molecular complexity index is 545. The number of carbonyl (C=O) groups is 2. The van der Waals surface area contributed by atoms with Gasteiger partial charge >= 0.3 is 0 Å². The maximum absolute atomic E-state index is 12.8. The number of Topliss-reactive ketones (excluding diaryl/α,β-unsaturated/α-hetero) is 1. The zero-order valence-electron chi connectivity index (χ0n) is 14.5. The molecule has 5 heteroatoms. The third-order valence-electron chi connectivity index (χ3n) is 4.41. The van der Waals surface area contributed by atoms with Gasteiger partial charge in [0.05, 0.1) is 23.8 Å². The third-order valence-corrected chi connectivity index (χ3v) is 5.61. The quantitative estimate of drug-likeness (QED) is 0.440. The van der Waals surface area contributed by atoms with Gasteiger partial charge in [0.25, 0.3) is 0 Å². The molecule has 2 aliphatic heterocycles. The van der Waals surface area contributed by atoms with Crippen LogP contribution in [0.25, 0.3) is 0 Å². The number of fused-ring (bicyclic) bond motifs is 1. The van der Waals surface area contributed by atoms with E-state index in [2.05, 4.69) is 6.58 Å². The molecule has 1 saturated heterocycles. The average molecular weight is 337 g/mol. The number of thioether (sulfide) groups is 1. The number of ketones is 1. The lowest BCUT2D eigenvalue weighted by Crippen LogP contribution is -2.62. The molecule has 4 nitrogen and oxygen atoms in total. The standard InChI is InChI=1S/C18H27NO3S/c1-6-7-8-9-23-13-10-12-14(11(2)20)17(22)19(12)15(13)16(21)18(3,4)5/h6,11-12,14,20H,1,7-10H2,2-5H3/t11-,12-,14-/m1/s1. The van der Waals surface area contributed by atoms with Crippen molar-refractivity contribution in [3.63, 3.8) is 0 Å². The molecule has 0 aromatic rings. The van der Waals surface area contributed by atoms with Crippen LogP contribution in [0.2, 0.25) is 0 Å². The molecule has 1 fully saturated rings. The van der Waals surface area contributed by atoms with E-state index < -0.39 is 11.5 Å². The monoisotopic (exact) mass is 337 g/mol. The van der Waals surface area contributed by atoms with Gasteiger partial charge < -0.3 is 10.0 Å². The summed E-state index contributed by atoms with van der Waals surface area (Å²) in [6.45, 7) is 11.0. The van der Waals surface area contributed by atoms with E-state index in [0.29, 0.717) is 12.1 Å². The second kappa shape index (κ2) is 6.81. The highest BCUT2D eigenvalue weighted by Crippen LogP contribution is 2.48. The van der Waals surface area contributed by atoms with Crippen LogP contribution in [0.3, 0.4) is 0 Å². The summed E-state index contributed by atoms with van der Waals surface area (Å²) in [6.07, 6.45) is 3.88. The van der Waals surface area contributed by atoms with Crippen LogP contribution < -0.4 is 0 Å². The third kappa shape index (κ3) is 3.41. The Hall–Kier alpha value is -1.07. The zero-order valence-corrected chi connectivity index (χ0v) is 15.3. The smallest absolute Gasteiger partial charge is 0.235 e. The van der Waals surface area contributed by atoms with Crippen molar-refractivity contribution >= 4 is 23.5 Å². The molecule has 128 valence electrons. The van der Waals surface area contributed by atoms with Crippen LogP contribution in [0.1, 0.15) is 47.0 Å². The van der Waals surface area contributed by atoms with Gasteiger partial charge in [-0.25, -0.2) is 0 Å². The Morgan fingerprint density at radius 2 is 2.17 bits per heavy atom. The van der Waals surface area contributed by atoms with Crippen molar-refractivity contribution in [3.8, 4) is 0 Å². The van der Waals surface area contributed by atoms with E-state index in [1.165, 1.54) is 0 Å². The van der Waals surface area contributed by atoms with Gasteiger partial charge in [-0.15, -0.1) is 18.3 Å². The summed E-state index contributed by atoms with van der Waals surface area (Å²) < 4.78 is 0. The van der Waals surface area contributed by atoms with Crippen LogP contribution >= 0.6 is 11.8 Å². The molecule has 23 heavy (non-hydrogen) atoms. The molecule has 0 unspecified atom stereocenters. The van der Waals surface area contributed by atoms with Gasteiger partial charge in [0.2, 0.25) is 5.91 Å². The van der Waals surface area contributed by atoms with E-state index in [4.69, 9.17) is 0 Å². The molecule has 2 rings (SSSR count). The van der Waals surface area contributed by atoms with Crippen molar-refractivity contribution in [2.75, 3.05) is 5.75 Å². The summed E-state index contributed by atoms with van der Waals surface area (Å²) in [5.41, 5.74) is 0.0564. The number of amides is 1. The first-order valence-electron chi connectivity index (χ1n) is 8.23. The second-order valence-corrected chi connectivity index (χ2v) is 8.57. The number of β-lactam (4-membered cyclic amide) rings is 1. The number of hydrogen-bond donors (Lipinski definition) is 1. The largest absolute Gasteiger partial charge is 0.393 e. The van der Waals surface area contributed by atoms with E-state index >= 15 is 0 Å². The van der Waals surface area contributed by atoms with E-state index in [9.17, 15) is 14.7 Å². The van der Waals surface area contributed by atoms with Gasteiger partial charge in [-0.3, -0.25) is 9.59 Å². The van der Waals surface area contributed by atoms with Gasteiger partial charge in [0.15, 0.2) is 5.78 Å². The molecule has 0 bridgehead atoms. The fourth-order valence-corrected chi connectivity index (χ4v) is 4.33. The Kier molecular flexibility index (Phi) is 5.41. The van der Waals surface area contributed by atoms with Gasteiger partial charge in [-0.2, -0.15) is 0 Å². The number of unbranched alkanes of at least 4 members (excludes halogenated alkanes) is 1. The predicted molar refractivity (Wildman–Crippen MR) is 93.8 cm³/mol. The molecule has 1 amide bonds. The Morgan fingerprint density at radius 3 is 2.70 bits per heavy atom. The van der Waals surface area contributed by atoms with Gasteiger partial charge in [0, 0.05) is 16.7 Å². The second-order valence-electron chi connectivity index (χ2n) is 7.38. The lowest BCUT2D eigenvalue weighted by atomic mass is 9.82. The molecule has 0 spiro atoms. The van der Waals surface area contributed by atoms with Crippen molar-refractivity contribution < 1.29 is 14.7 Å². The molecule has 0 saturated carbocycles. The summed E-state index contributed by atoms with van der Waals surface area (Å²) in [6, 6.07) is -0.0503. The maximum Gasteiger partial charge on any atom is 0.235 e. The van der Waals surface area contributed by atoms with E-state index in [0.717, 1.165) is 23.5 Å². The summed E-state index contributed by atoms with van der Waals surface area (Å²) in [5.74, 6) is 0.447. The fourth-order valence-electron chi connectivity index (χ4n) is 3.15. The topological polar surface area (TPSA) is 57.6 Å². The minimum atomic E-state index is -0.667. The Morgan fingerprint density at radius 1 is 1.52 bits per heavy atom. The van der Waals surface area contributed by atoms with E-state index in [1.807, 2.05) is 26.8 Å². The molecule has 2 heterocycles. The minimum Gasteiger partial charge on any atom is -0.393 e. The number of aliphatic hydroxyl groups excluding tert-OH is 1. The van der Waals surface area contributed by atoms with Crippen LogP contribution in [0.4, 0.5) is 0 Å². The first-order valence-corrected chi connectivity index (χ1v) is 9.21. The zero-order chi connectivity index (χ0) is 17.4. The van der Waals surface area contributed by atoms with Crippen LogP contribution in [-0.4, -0.2) is 39.6 Å². The summed E-state index contributed by atoms with van der Waals surface area (Å²) in [7, 11) is 0. The summed E-state index contributed by atoms with van der Waals surface area (Å²) in [5, 5.41) is 9.84. The van der Waals surface area contributed by atoms with Crippen LogP contribution in [0, 0.1) is 11.3 Å². The first kappa shape index (κ1) is 18.3. The number of carbonyl (C=O) groups excluding carboxylic acids is 2. The Balaban J connectivity index is 2.23. The number of nitrogens with zero attached hydrogens (tertiary/aromatic N) is 1. The molecule has 0 radical (unpaired) electrons. The highest BCUT2D eigenvalue weighted by atomic mass is 32.2. The lowest BCUT2D eigenvalue weighted by Gasteiger charge is -2.45. The summed E-state index contributed by atoms with van der Waals surface area (Å²) in [4.78, 5) is 27.9. The highest BCUT2D eigenvalue weighted by Gasteiger charge is 2.57. The molecule has 3 atom stereocenters. The highest BCUT2D eigenvalue weighted by molar-refractivity contribution is 8.03. The number of hydrogen-bond acceptors (Lipinski definition) is 4. The molecule has 2 aliphatic rings. The first-order chi connectivity index (χ1) is 10.7. The SMILES string of the molecule is C=CCCCSC1=C(C(=O)C(C)(C)C)N2C(=O)[C@H]([C@@H](C)O)[C@H]2C1. The van der Waals surface area contributed by atoms with Crippen molar-refractivity contribution in [1.29, 1.82) is 0 Å². The number of rotatable bonds is 7. The van der Waals surface area contributed by atoms with E-state index in [-0.39, 0.29) is 23.7 Å². The lowest BCUT2D eigenvalue weighted by molar-refractivity contribution is -0.159. The molecule has 0 aliphatic carbocycles. The van der Waals surface area contributed by atoms with Gasteiger partial charge in [-0.05, 0) is 25.5 Å². The van der Waals surface area contributed by atoms with Crippen molar-refractivity contribution in [2.24, 2.45) is 11.3 Å². The number of aliphatic hydroxyl groups is 1. The molecular formula is C18H27NO3S. The normalized spacial score (nSPS) is 25.3. The van der Waals surface area contributed by atoms with Crippen LogP contribution in [-0.2, 0) is 9.59 Å². The summed E-state index contributed by atoms with van der Waals surface area (Å²) >= 11 is 1.68. The van der Waals surface area contributed by atoms with Crippen molar-refractivity contribution in [1.82, 2.24) is 4.90 Å².